The highest BCUT2D eigenvalue weighted by Gasteiger charge is 2.04. The predicted octanol–water partition coefficient (Wildman–Crippen LogP) is 2.63. The van der Waals surface area contributed by atoms with Gasteiger partial charge >= 0.3 is 0 Å². The van der Waals surface area contributed by atoms with Crippen LogP contribution in [-0.4, -0.2) is 31.5 Å². The lowest BCUT2D eigenvalue weighted by molar-refractivity contribution is -0.122. The van der Waals surface area contributed by atoms with Crippen molar-refractivity contribution in [2.45, 2.75) is 26.2 Å². The van der Waals surface area contributed by atoms with Crippen LogP contribution >= 0.6 is 0 Å². The van der Waals surface area contributed by atoms with Crippen LogP contribution in [0.25, 0.3) is 0 Å². The van der Waals surface area contributed by atoms with Crippen molar-refractivity contribution in [2.24, 2.45) is 0 Å². The molecule has 5 nitrogen and oxygen atoms in total. The van der Waals surface area contributed by atoms with Gasteiger partial charge in [-0.05, 0) is 36.6 Å². The highest BCUT2D eigenvalue weighted by Crippen LogP contribution is 2.12. The molecule has 0 spiro atoms. The second-order valence-electron chi connectivity index (χ2n) is 6.13. The van der Waals surface area contributed by atoms with Gasteiger partial charge in [0.15, 0.2) is 0 Å². The van der Waals surface area contributed by atoms with Gasteiger partial charge in [-0.25, -0.2) is 0 Å². The molecule has 0 aromatic heterocycles. The molecule has 2 N–H and O–H groups in total. The van der Waals surface area contributed by atoms with Crippen LogP contribution in [0, 0.1) is 6.92 Å². The van der Waals surface area contributed by atoms with E-state index in [1.54, 1.807) is 0 Å². The molecule has 0 saturated heterocycles. The van der Waals surface area contributed by atoms with Crippen molar-refractivity contribution in [1.29, 1.82) is 0 Å². The maximum Gasteiger partial charge on any atom is 0.224 e. The maximum absolute atomic E-state index is 11.8. The van der Waals surface area contributed by atoms with E-state index in [9.17, 15) is 9.59 Å². The van der Waals surface area contributed by atoms with Gasteiger partial charge in [-0.1, -0.05) is 42.5 Å². The van der Waals surface area contributed by atoms with Gasteiger partial charge in [0.25, 0.3) is 0 Å². The van der Waals surface area contributed by atoms with Gasteiger partial charge < -0.3 is 15.4 Å². The summed E-state index contributed by atoms with van der Waals surface area (Å²) in [5, 5.41) is 5.60. The van der Waals surface area contributed by atoms with E-state index in [2.05, 4.69) is 10.6 Å². The van der Waals surface area contributed by atoms with Gasteiger partial charge in [0.05, 0.1) is 13.0 Å². The fourth-order valence-electron chi connectivity index (χ4n) is 2.46. The summed E-state index contributed by atoms with van der Waals surface area (Å²) in [6, 6.07) is 17.4. The molecule has 0 radical (unpaired) electrons. The zero-order chi connectivity index (χ0) is 18.6. The molecule has 0 bridgehead atoms. The van der Waals surface area contributed by atoms with E-state index in [1.807, 2.05) is 61.5 Å². The topological polar surface area (TPSA) is 67.4 Å². The summed E-state index contributed by atoms with van der Waals surface area (Å²) >= 11 is 0. The Bertz CT molecular complexity index is 701. The lowest BCUT2D eigenvalue weighted by atomic mass is 10.1. The lowest BCUT2D eigenvalue weighted by Crippen LogP contribution is -2.35. The third-order valence-electron chi connectivity index (χ3n) is 3.78. The van der Waals surface area contributed by atoms with Gasteiger partial charge in [0.1, 0.15) is 5.75 Å². The third-order valence-corrected chi connectivity index (χ3v) is 3.78. The predicted molar refractivity (Wildman–Crippen MR) is 102 cm³/mol. The molecule has 2 aromatic carbocycles. The first kappa shape index (κ1) is 19.5. The number of benzene rings is 2. The maximum atomic E-state index is 11.8. The number of amides is 2. The summed E-state index contributed by atoms with van der Waals surface area (Å²) in [5.41, 5.74) is 2.12. The monoisotopic (exact) mass is 354 g/mol. The number of hydrogen-bond donors (Lipinski definition) is 2. The average molecular weight is 354 g/mol. The van der Waals surface area contributed by atoms with Gasteiger partial charge in [-0.2, -0.15) is 0 Å². The van der Waals surface area contributed by atoms with Crippen molar-refractivity contribution in [3.05, 3.63) is 65.7 Å². The molecule has 138 valence electrons. The van der Waals surface area contributed by atoms with E-state index in [-0.39, 0.29) is 11.8 Å². The van der Waals surface area contributed by atoms with Gasteiger partial charge in [0.2, 0.25) is 11.8 Å². The van der Waals surface area contributed by atoms with E-state index < -0.39 is 0 Å². The van der Waals surface area contributed by atoms with Crippen molar-refractivity contribution in [3.8, 4) is 5.75 Å². The van der Waals surface area contributed by atoms with E-state index in [4.69, 9.17) is 4.74 Å². The Balaban J connectivity index is 1.50. The Hall–Kier alpha value is -2.82. The van der Waals surface area contributed by atoms with Crippen LogP contribution in [0.15, 0.2) is 54.6 Å². The Morgan fingerprint density at radius 3 is 2.38 bits per heavy atom. The van der Waals surface area contributed by atoms with Crippen molar-refractivity contribution in [3.63, 3.8) is 0 Å². The number of nitrogens with one attached hydrogen (secondary N) is 2. The smallest absolute Gasteiger partial charge is 0.224 e. The molecular formula is C21H26N2O3. The second kappa shape index (κ2) is 10.9. The third kappa shape index (κ3) is 7.83. The van der Waals surface area contributed by atoms with E-state index in [0.717, 1.165) is 16.9 Å². The molecule has 0 aliphatic rings. The molecule has 2 amide bonds. The number of carbonyl (C=O) groups excluding carboxylic acids is 2. The molecule has 2 rings (SSSR count). The second-order valence-corrected chi connectivity index (χ2v) is 6.13. The van der Waals surface area contributed by atoms with Gasteiger partial charge in [0, 0.05) is 19.5 Å². The Morgan fingerprint density at radius 1 is 0.923 bits per heavy atom. The summed E-state index contributed by atoms with van der Waals surface area (Å²) in [6.07, 6.45) is 1.41. The highest BCUT2D eigenvalue weighted by atomic mass is 16.5. The Kier molecular flexibility index (Phi) is 8.19. The largest absolute Gasteiger partial charge is 0.494 e. The normalized spacial score (nSPS) is 10.2. The molecule has 0 heterocycles. The minimum absolute atomic E-state index is 0.0323. The molecule has 26 heavy (non-hydrogen) atoms. The minimum atomic E-state index is -0.0444. The Morgan fingerprint density at radius 2 is 1.65 bits per heavy atom. The molecule has 0 aliphatic heterocycles. The summed E-state index contributed by atoms with van der Waals surface area (Å²) in [6.45, 7) is 3.37. The van der Waals surface area contributed by atoms with Crippen molar-refractivity contribution < 1.29 is 14.3 Å². The molecule has 0 fully saturated rings. The highest BCUT2D eigenvalue weighted by molar-refractivity contribution is 5.78. The summed E-state index contributed by atoms with van der Waals surface area (Å²) in [4.78, 5) is 23.6. The molecule has 0 saturated carbocycles. The first-order valence-electron chi connectivity index (χ1n) is 8.90. The first-order valence-corrected chi connectivity index (χ1v) is 8.90. The summed E-state index contributed by atoms with van der Waals surface area (Å²) in [7, 11) is 0. The molecular weight excluding hydrogens is 328 g/mol. The Labute approximate surface area is 154 Å². The van der Waals surface area contributed by atoms with E-state index >= 15 is 0 Å². The van der Waals surface area contributed by atoms with Crippen LogP contribution in [0.4, 0.5) is 0 Å². The van der Waals surface area contributed by atoms with Crippen LogP contribution in [0.1, 0.15) is 24.0 Å². The summed E-state index contributed by atoms with van der Waals surface area (Å²) in [5.74, 6) is 0.749. The molecule has 0 unspecified atom stereocenters. The van der Waals surface area contributed by atoms with Crippen molar-refractivity contribution >= 4 is 11.8 Å². The zero-order valence-electron chi connectivity index (χ0n) is 15.2. The van der Waals surface area contributed by atoms with Crippen LogP contribution in [0.3, 0.4) is 0 Å². The summed E-state index contributed by atoms with van der Waals surface area (Å²) < 4.78 is 5.61. The average Bonchev–Trinajstić information content (AvgIpc) is 2.63. The van der Waals surface area contributed by atoms with Crippen LogP contribution < -0.4 is 15.4 Å². The number of hydrogen-bond acceptors (Lipinski definition) is 3. The van der Waals surface area contributed by atoms with Crippen molar-refractivity contribution in [2.75, 3.05) is 19.7 Å². The number of carbonyl (C=O) groups is 2. The van der Waals surface area contributed by atoms with Gasteiger partial charge in [-0.3, -0.25) is 9.59 Å². The number of ether oxygens (including phenoxy) is 1. The first-order chi connectivity index (χ1) is 12.6. The number of rotatable bonds is 10. The molecule has 0 aliphatic carbocycles. The molecule has 0 atom stereocenters. The lowest BCUT2D eigenvalue weighted by Gasteiger charge is -2.08. The quantitative estimate of drug-likeness (QED) is 0.645. The van der Waals surface area contributed by atoms with Gasteiger partial charge in [-0.15, -0.1) is 0 Å². The van der Waals surface area contributed by atoms with Crippen LogP contribution in [0.2, 0.25) is 0 Å². The van der Waals surface area contributed by atoms with Crippen LogP contribution in [-0.2, 0) is 16.0 Å². The molecule has 2 aromatic rings. The van der Waals surface area contributed by atoms with E-state index in [0.29, 0.717) is 39.0 Å². The minimum Gasteiger partial charge on any atom is -0.494 e. The standard InChI is InChI=1S/C21H26N2O3/c1-17-7-5-10-19(15-17)26-14-6-11-20(24)22-12-13-23-21(25)16-18-8-3-2-4-9-18/h2-5,7-10,15H,6,11-14,16H2,1H3,(H,22,24)(H,23,25). The fraction of sp³-hybridized carbons (Fsp3) is 0.333. The van der Waals surface area contributed by atoms with E-state index in [1.165, 1.54) is 0 Å². The van der Waals surface area contributed by atoms with Crippen LogP contribution in [0.5, 0.6) is 5.75 Å². The molecule has 5 heteroatoms. The fourth-order valence-corrected chi connectivity index (χ4v) is 2.46. The zero-order valence-corrected chi connectivity index (χ0v) is 15.2. The van der Waals surface area contributed by atoms with Crippen molar-refractivity contribution in [1.82, 2.24) is 10.6 Å². The number of aryl methyl sites for hydroxylation is 1. The SMILES string of the molecule is Cc1cccc(OCCCC(=O)NCCNC(=O)Cc2ccccc2)c1.